The molecule has 1 rings (SSSR count). The Morgan fingerprint density at radius 1 is 1.32 bits per heavy atom. The minimum Gasteiger partial charge on any atom is -0.406 e. The number of ether oxygens (including phenoxy) is 1. The summed E-state index contributed by atoms with van der Waals surface area (Å²) in [4.78, 5) is 28.5. The lowest BCUT2D eigenvalue weighted by atomic mass is 10.1. The van der Waals surface area contributed by atoms with E-state index in [0.717, 1.165) is 12.1 Å². The Hall–Kier alpha value is -1.37. The lowest BCUT2D eigenvalue weighted by Gasteiger charge is -2.10. The second-order valence-corrected chi connectivity index (χ2v) is 5.38. The molecule has 0 fully saturated rings. The standard InChI is InChI=1S/C10H10F3O5P/c11-10(12,13)18-9-3-1-2-7(5-9)4-8(14)6-19(15,16)17/h1-3,5H,4,6H2,(H2,15,16,17). The van der Waals surface area contributed by atoms with Crippen molar-refractivity contribution in [2.75, 3.05) is 6.16 Å². The van der Waals surface area contributed by atoms with Gasteiger partial charge in [-0.1, -0.05) is 12.1 Å². The Morgan fingerprint density at radius 3 is 2.47 bits per heavy atom. The average Bonchev–Trinajstić information content (AvgIpc) is 2.11. The van der Waals surface area contributed by atoms with E-state index in [0.29, 0.717) is 0 Å². The smallest absolute Gasteiger partial charge is 0.406 e. The van der Waals surface area contributed by atoms with Crippen LogP contribution in [-0.2, 0) is 15.8 Å². The SMILES string of the molecule is O=C(Cc1cccc(OC(F)(F)F)c1)CP(=O)(O)O. The fraction of sp³-hybridized carbons (Fsp3) is 0.300. The number of carbonyl (C=O) groups is 1. The van der Waals surface area contributed by atoms with Crippen LogP contribution >= 0.6 is 7.60 Å². The Bertz CT molecular complexity index is 508. The summed E-state index contributed by atoms with van der Waals surface area (Å²) in [5, 5.41) is 0. The lowest BCUT2D eigenvalue weighted by Crippen LogP contribution is -2.17. The molecule has 106 valence electrons. The molecule has 0 aliphatic heterocycles. The predicted molar refractivity (Wildman–Crippen MR) is 58.7 cm³/mol. The Balaban J connectivity index is 2.72. The maximum atomic E-state index is 12.0. The molecule has 1 aromatic carbocycles. The number of carbonyl (C=O) groups excluding carboxylic acids is 1. The molecular weight excluding hydrogens is 288 g/mol. The summed E-state index contributed by atoms with van der Waals surface area (Å²) >= 11 is 0. The zero-order valence-corrected chi connectivity index (χ0v) is 10.3. The first-order valence-corrected chi connectivity index (χ1v) is 6.76. The molecule has 0 aliphatic rings. The van der Waals surface area contributed by atoms with Gasteiger partial charge in [0, 0.05) is 6.42 Å². The molecule has 0 saturated carbocycles. The normalized spacial score (nSPS) is 12.3. The van der Waals surface area contributed by atoms with Crippen molar-refractivity contribution in [2.24, 2.45) is 0 Å². The van der Waals surface area contributed by atoms with Crippen molar-refractivity contribution in [2.45, 2.75) is 12.8 Å². The number of alkyl halides is 3. The van der Waals surface area contributed by atoms with E-state index in [1.165, 1.54) is 12.1 Å². The van der Waals surface area contributed by atoms with Gasteiger partial charge < -0.3 is 14.5 Å². The highest BCUT2D eigenvalue weighted by molar-refractivity contribution is 7.52. The first-order chi connectivity index (χ1) is 8.55. The number of halogens is 3. The number of hydrogen-bond acceptors (Lipinski definition) is 3. The maximum Gasteiger partial charge on any atom is 0.573 e. The highest BCUT2D eigenvalue weighted by atomic mass is 31.2. The average molecular weight is 298 g/mol. The largest absolute Gasteiger partial charge is 0.573 e. The fourth-order valence-corrected chi connectivity index (χ4v) is 1.94. The van der Waals surface area contributed by atoms with Gasteiger partial charge in [-0.25, -0.2) is 0 Å². The molecule has 0 atom stereocenters. The van der Waals surface area contributed by atoms with Crippen LogP contribution in [0.25, 0.3) is 0 Å². The van der Waals surface area contributed by atoms with E-state index in [4.69, 9.17) is 9.79 Å². The summed E-state index contributed by atoms with van der Waals surface area (Å²) in [6.07, 6.45) is -6.16. The number of ketones is 1. The maximum absolute atomic E-state index is 12.0. The zero-order chi connectivity index (χ0) is 14.7. The molecule has 0 bridgehead atoms. The van der Waals surface area contributed by atoms with E-state index in [1.54, 1.807) is 0 Å². The number of Topliss-reactive ketones (excluding diaryl/α,β-unsaturated/α-hetero) is 1. The third-order valence-corrected chi connectivity index (χ3v) is 2.68. The van der Waals surface area contributed by atoms with Crippen LogP contribution in [0, 0.1) is 0 Å². The van der Waals surface area contributed by atoms with Crippen LogP contribution in [0.15, 0.2) is 24.3 Å². The first-order valence-electron chi connectivity index (χ1n) is 4.96. The molecule has 5 nitrogen and oxygen atoms in total. The van der Waals surface area contributed by atoms with Crippen molar-refractivity contribution in [1.82, 2.24) is 0 Å². The zero-order valence-electron chi connectivity index (χ0n) is 9.42. The summed E-state index contributed by atoms with van der Waals surface area (Å²) in [6.45, 7) is 0. The van der Waals surface area contributed by atoms with E-state index < -0.39 is 31.7 Å². The molecular formula is C10H10F3O5P. The molecule has 0 heterocycles. The summed E-state index contributed by atoms with van der Waals surface area (Å²) in [6, 6.07) is 4.66. The van der Waals surface area contributed by atoms with Crippen molar-refractivity contribution in [3.05, 3.63) is 29.8 Å². The molecule has 9 heteroatoms. The summed E-state index contributed by atoms with van der Waals surface area (Å²) < 4.78 is 50.1. The van der Waals surface area contributed by atoms with Gasteiger partial charge in [0.1, 0.15) is 17.7 Å². The topological polar surface area (TPSA) is 83.8 Å². The monoisotopic (exact) mass is 298 g/mol. The van der Waals surface area contributed by atoms with Crippen LogP contribution in [0.3, 0.4) is 0 Å². The van der Waals surface area contributed by atoms with E-state index in [1.807, 2.05) is 0 Å². The van der Waals surface area contributed by atoms with Gasteiger partial charge >= 0.3 is 14.0 Å². The molecule has 1 aromatic rings. The lowest BCUT2D eigenvalue weighted by molar-refractivity contribution is -0.274. The number of rotatable bonds is 5. The third-order valence-electron chi connectivity index (χ3n) is 1.92. The van der Waals surface area contributed by atoms with Gasteiger partial charge in [0.25, 0.3) is 0 Å². The van der Waals surface area contributed by atoms with Crippen LogP contribution < -0.4 is 4.74 Å². The third kappa shape index (κ3) is 6.95. The van der Waals surface area contributed by atoms with Gasteiger partial charge in [-0.05, 0) is 17.7 Å². The van der Waals surface area contributed by atoms with Gasteiger partial charge in [-0.15, -0.1) is 13.2 Å². The highest BCUT2D eigenvalue weighted by Gasteiger charge is 2.31. The summed E-state index contributed by atoms with van der Waals surface area (Å²) in [5.74, 6) is -1.26. The fourth-order valence-electron chi connectivity index (χ4n) is 1.37. The van der Waals surface area contributed by atoms with Crippen LogP contribution in [0.5, 0.6) is 5.75 Å². The number of hydrogen-bond donors (Lipinski definition) is 2. The van der Waals surface area contributed by atoms with Crippen LogP contribution in [0.2, 0.25) is 0 Å². The molecule has 0 spiro atoms. The van der Waals surface area contributed by atoms with Gasteiger partial charge in [0.2, 0.25) is 0 Å². The van der Waals surface area contributed by atoms with Gasteiger partial charge in [-0.3, -0.25) is 9.36 Å². The van der Waals surface area contributed by atoms with Crippen LogP contribution in [0.4, 0.5) is 13.2 Å². The van der Waals surface area contributed by atoms with Gasteiger partial charge in [0.15, 0.2) is 0 Å². The molecule has 0 aromatic heterocycles. The van der Waals surface area contributed by atoms with E-state index in [-0.39, 0.29) is 12.0 Å². The molecule has 0 radical (unpaired) electrons. The quantitative estimate of drug-likeness (QED) is 0.811. The molecule has 0 saturated heterocycles. The van der Waals surface area contributed by atoms with Crippen LogP contribution in [-0.4, -0.2) is 28.1 Å². The molecule has 0 amide bonds. The van der Waals surface area contributed by atoms with Crippen molar-refractivity contribution in [3.8, 4) is 5.75 Å². The first kappa shape index (κ1) is 15.7. The van der Waals surface area contributed by atoms with E-state index >= 15 is 0 Å². The minimum atomic E-state index is -4.84. The highest BCUT2D eigenvalue weighted by Crippen LogP contribution is 2.34. The van der Waals surface area contributed by atoms with Crippen molar-refractivity contribution < 1.29 is 37.1 Å². The minimum absolute atomic E-state index is 0.181. The summed E-state index contributed by atoms with van der Waals surface area (Å²) in [5.41, 5.74) is 0.181. The second kappa shape index (κ2) is 5.73. The van der Waals surface area contributed by atoms with Crippen molar-refractivity contribution in [1.29, 1.82) is 0 Å². The van der Waals surface area contributed by atoms with Crippen molar-refractivity contribution in [3.63, 3.8) is 0 Å². The molecule has 19 heavy (non-hydrogen) atoms. The second-order valence-electron chi connectivity index (χ2n) is 3.73. The Labute approximate surface area is 106 Å². The predicted octanol–water partition coefficient (Wildman–Crippen LogP) is 1.87. The molecule has 0 aliphatic carbocycles. The van der Waals surface area contributed by atoms with Crippen molar-refractivity contribution >= 4 is 13.4 Å². The van der Waals surface area contributed by atoms with Gasteiger partial charge in [0.05, 0.1) is 0 Å². The molecule has 0 unspecified atom stereocenters. The molecule has 2 N–H and O–H groups in total. The van der Waals surface area contributed by atoms with E-state index in [2.05, 4.69) is 4.74 Å². The number of benzene rings is 1. The van der Waals surface area contributed by atoms with Gasteiger partial charge in [-0.2, -0.15) is 0 Å². The Kier molecular flexibility index (Phi) is 4.73. The summed E-state index contributed by atoms with van der Waals surface area (Å²) in [7, 11) is -4.46. The van der Waals surface area contributed by atoms with E-state index in [9.17, 15) is 22.5 Å². The van der Waals surface area contributed by atoms with Crippen LogP contribution in [0.1, 0.15) is 5.56 Å². The Morgan fingerprint density at radius 2 is 1.95 bits per heavy atom.